The predicted octanol–water partition coefficient (Wildman–Crippen LogP) is 2.92. The zero-order valence-corrected chi connectivity index (χ0v) is 13.6. The second-order valence-electron chi connectivity index (χ2n) is 4.99. The summed E-state index contributed by atoms with van der Waals surface area (Å²) in [7, 11) is 1.79. The van der Waals surface area contributed by atoms with E-state index in [1.54, 1.807) is 18.4 Å². The van der Waals surface area contributed by atoms with Gasteiger partial charge in [0.15, 0.2) is 5.96 Å². The average Bonchev–Trinajstić information content (AvgIpc) is 3.01. The van der Waals surface area contributed by atoms with Gasteiger partial charge in [-0.2, -0.15) is 0 Å². The minimum absolute atomic E-state index is 0.473. The number of aryl methyl sites for hydroxylation is 1. The third-order valence-electron chi connectivity index (χ3n) is 3.21. The van der Waals surface area contributed by atoms with Gasteiger partial charge in [-0.3, -0.25) is 9.98 Å². The summed E-state index contributed by atoms with van der Waals surface area (Å²) in [4.78, 5) is 10.1. The molecule has 5 heteroatoms. The summed E-state index contributed by atoms with van der Waals surface area (Å²) in [6.45, 7) is 5.75. The minimum atomic E-state index is 0.473. The van der Waals surface area contributed by atoms with E-state index in [0.717, 1.165) is 23.9 Å². The molecule has 2 aromatic heterocycles. The lowest BCUT2D eigenvalue weighted by molar-refractivity contribution is 0.705. The van der Waals surface area contributed by atoms with Gasteiger partial charge in [-0.25, -0.2) is 0 Å². The number of hydrogen-bond donors (Lipinski definition) is 2. The van der Waals surface area contributed by atoms with E-state index in [1.807, 2.05) is 25.1 Å². The van der Waals surface area contributed by atoms with Crippen molar-refractivity contribution in [2.75, 3.05) is 13.6 Å². The van der Waals surface area contributed by atoms with Gasteiger partial charge in [0.25, 0.3) is 0 Å². The van der Waals surface area contributed by atoms with Gasteiger partial charge in [0.1, 0.15) is 0 Å². The lowest BCUT2D eigenvalue weighted by Gasteiger charge is -2.15. The third-order valence-corrected chi connectivity index (χ3v) is 4.31. The topological polar surface area (TPSA) is 49.3 Å². The number of thiophene rings is 1. The van der Waals surface area contributed by atoms with Crippen molar-refractivity contribution in [2.45, 2.75) is 26.3 Å². The van der Waals surface area contributed by atoms with Crippen LogP contribution in [0, 0.1) is 6.92 Å². The highest BCUT2D eigenvalue weighted by Crippen LogP contribution is 2.19. The van der Waals surface area contributed by atoms with Crippen molar-refractivity contribution in [1.82, 2.24) is 15.6 Å². The van der Waals surface area contributed by atoms with Crippen molar-refractivity contribution in [1.29, 1.82) is 0 Å². The molecular weight excluding hydrogens is 280 g/mol. The first-order chi connectivity index (χ1) is 10.2. The Bertz CT molecular complexity index is 578. The summed E-state index contributed by atoms with van der Waals surface area (Å²) in [5, 5.41) is 8.77. The number of pyridine rings is 1. The van der Waals surface area contributed by atoms with Gasteiger partial charge in [0, 0.05) is 30.1 Å². The van der Waals surface area contributed by atoms with Crippen LogP contribution in [0.3, 0.4) is 0 Å². The lowest BCUT2D eigenvalue weighted by Crippen LogP contribution is -2.38. The third kappa shape index (κ3) is 4.86. The molecule has 0 radical (unpaired) electrons. The van der Waals surface area contributed by atoms with Crippen molar-refractivity contribution in [2.24, 2.45) is 4.99 Å². The number of nitrogens with zero attached hydrogens (tertiary/aromatic N) is 2. The molecule has 2 aromatic rings. The highest BCUT2D eigenvalue weighted by molar-refractivity contribution is 7.10. The first kappa shape index (κ1) is 15.5. The van der Waals surface area contributed by atoms with Crippen LogP contribution < -0.4 is 10.6 Å². The molecule has 0 saturated heterocycles. The Hall–Kier alpha value is -1.88. The van der Waals surface area contributed by atoms with E-state index in [9.17, 15) is 0 Å². The van der Waals surface area contributed by atoms with Crippen molar-refractivity contribution in [3.8, 4) is 0 Å². The zero-order valence-electron chi connectivity index (χ0n) is 12.8. The first-order valence-electron chi connectivity index (χ1n) is 7.09. The molecule has 0 amide bonds. The summed E-state index contributed by atoms with van der Waals surface area (Å²) in [6.07, 6.45) is 0. The Morgan fingerprint density at radius 2 is 2.14 bits per heavy atom. The van der Waals surface area contributed by atoms with Crippen molar-refractivity contribution in [3.63, 3.8) is 0 Å². The molecule has 1 atom stereocenters. The van der Waals surface area contributed by atoms with Crippen molar-refractivity contribution in [3.05, 3.63) is 52.0 Å². The molecule has 4 nitrogen and oxygen atoms in total. The van der Waals surface area contributed by atoms with Gasteiger partial charge in [0.2, 0.25) is 0 Å². The number of aromatic nitrogens is 1. The van der Waals surface area contributed by atoms with E-state index in [2.05, 4.69) is 45.0 Å². The number of rotatable bonds is 5. The highest BCUT2D eigenvalue weighted by atomic mass is 32.1. The monoisotopic (exact) mass is 302 g/mol. The number of aliphatic imine (C=N–C) groups is 1. The van der Waals surface area contributed by atoms with Gasteiger partial charge >= 0.3 is 0 Å². The molecular formula is C16H22N4S. The largest absolute Gasteiger partial charge is 0.356 e. The van der Waals surface area contributed by atoms with Gasteiger partial charge < -0.3 is 10.6 Å². The summed E-state index contributed by atoms with van der Waals surface area (Å²) in [5.74, 6) is 1.28. The van der Waals surface area contributed by atoms with E-state index < -0.39 is 0 Å². The Morgan fingerprint density at radius 3 is 2.81 bits per heavy atom. The van der Waals surface area contributed by atoms with Crippen molar-refractivity contribution >= 4 is 17.3 Å². The summed E-state index contributed by atoms with van der Waals surface area (Å²) >= 11 is 1.79. The molecule has 2 heterocycles. The Morgan fingerprint density at radius 1 is 1.29 bits per heavy atom. The second-order valence-corrected chi connectivity index (χ2v) is 5.97. The number of hydrogen-bond acceptors (Lipinski definition) is 3. The Labute approximate surface area is 130 Å². The van der Waals surface area contributed by atoms with E-state index >= 15 is 0 Å². The molecule has 21 heavy (non-hydrogen) atoms. The van der Waals surface area contributed by atoms with Gasteiger partial charge in [-0.05, 0) is 30.5 Å². The van der Waals surface area contributed by atoms with Gasteiger partial charge in [0.05, 0.1) is 12.2 Å². The first-order valence-corrected chi connectivity index (χ1v) is 7.97. The SMILES string of the molecule is CN=C(NCc1cccc(C)n1)NCC(C)c1cccs1. The second kappa shape index (κ2) is 7.78. The van der Waals surface area contributed by atoms with Crippen LogP contribution in [0.2, 0.25) is 0 Å². The normalized spacial score (nSPS) is 13.0. The maximum atomic E-state index is 4.47. The molecule has 0 spiro atoms. The molecule has 1 unspecified atom stereocenters. The van der Waals surface area contributed by atoms with E-state index in [1.165, 1.54) is 4.88 Å². The molecule has 0 fully saturated rings. The van der Waals surface area contributed by atoms with Crippen LogP contribution in [0.25, 0.3) is 0 Å². The highest BCUT2D eigenvalue weighted by Gasteiger charge is 2.07. The summed E-state index contributed by atoms with van der Waals surface area (Å²) in [6, 6.07) is 10.3. The van der Waals surface area contributed by atoms with Crippen LogP contribution >= 0.6 is 11.3 Å². The lowest BCUT2D eigenvalue weighted by atomic mass is 10.1. The number of guanidine groups is 1. The Balaban J connectivity index is 1.81. The molecule has 0 saturated carbocycles. The smallest absolute Gasteiger partial charge is 0.191 e. The number of nitrogens with one attached hydrogen (secondary N) is 2. The standard InChI is InChI=1S/C16H22N4S/c1-12(15-8-5-9-21-15)10-18-16(17-3)19-11-14-7-4-6-13(2)20-14/h4-9,12H,10-11H2,1-3H3,(H2,17,18,19). The van der Waals surface area contributed by atoms with Gasteiger partial charge in [-0.15, -0.1) is 11.3 Å². The van der Waals surface area contributed by atoms with Crippen LogP contribution in [0.1, 0.15) is 29.1 Å². The Kier molecular flexibility index (Phi) is 5.75. The molecule has 0 aliphatic rings. The molecule has 0 aliphatic carbocycles. The fraction of sp³-hybridized carbons (Fsp3) is 0.375. The van der Waals surface area contributed by atoms with Crippen LogP contribution in [0.15, 0.2) is 40.7 Å². The van der Waals surface area contributed by atoms with Crippen LogP contribution in [0.5, 0.6) is 0 Å². The molecule has 0 aliphatic heterocycles. The van der Waals surface area contributed by atoms with Crippen molar-refractivity contribution < 1.29 is 0 Å². The van der Waals surface area contributed by atoms with Gasteiger partial charge in [-0.1, -0.05) is 19.1 Å². The van der Waals surface area contributed by atoms with Crippen LogP contribution in [-0.4, -0.2) is 24.5 Å². The fourth-order valence-electron chi connectivity index (χ4n) is 2.01. The molecule has 0 bridgehead atoms. The minimum Gasteiger partial charge on any atom is -0.356 e. The van der Waals surface area contributed by atoms with Crippen LogP contribution in [-0.2, 0) is 6.54 Å². The molecule has 2 N–H and O–H groups in total. The molecule has 112 valence electrons. The van der Waals surface area contributed by atoms with E-state index in [4.69, 9.17) is 0 Å². The molecule has 2 rings (SSSR count). The molecule has 0 aromatic carbocycles. The maximum Gasteiger partial charge on any atom is 0.191 e. The van der Waals surface area contributed by atoms with Crippen LogP contribution in [0.4, 0.5) is 0 Å². The predicted molar refractivity (Wildman–Crippen MR) is 89.9 cm³/mol. The summed E-state index contributed by atoms with van der Waals surface area (Å²) < 4.78 is 0. The fourth-order valence-corrected chi connectivity index (χ4v) is 2.80. The van der Waals surface area contributed by atoms with E-state index in [0.29, 0.717) is 12.5 Å². The quantitative estimate of drug-likeness (QED) is 0.659. The zero-order chi connectivity index (χ0) is 15.1. The summed E-state index contributed by atoms with van der Waals surface area (Å²) in [5.41, 5.74) is 2.05. The van der Waals surface area contributed by atoms with E-state index in [-0.39, 0.29) is 0 Å². The average molecular weight is 302 g/mol. The maximum absolute atomic E-state index is 4.47.